The molecule has 0 aromatic heterocycles. The van der Waals surface area contributed by atoms with Crippen molar-refractivity contribution in [3.05, 3.63) is 0 Å². The van der Waals surface area contributed by atoms with E-state index in [1.54, 1.807) is 7.05 Å². The van der Waals surface area contributed by atoms with Crippen molar-refractivity contribution in [1.82, 2.24) is 4.90 Å². The summed E-state index contributed by atoms with van der Waals surface area (Å²) in [4.78, 5) is 24.0. The zero-order valence-electron chi connectivity index (χ0n) is 11.9. The van der Waals surface area contributed by atoms with Crippen LogP contribution in [0.2, 0.25) is 0 Å². The van der Waals surface area contributed by atoms with Gasteiger partial charge in [0, 0.05) is 13.0 Å². The maximum Gasteiger partial charge on any atom is 0.323 e. The predicted molar refractivity (Wildman–Crippen MR) is 70.2 cm³/mol. The highest BCUT2D eigenvalue weighted by molar-refractivity contribution is 5.82. The first kappa shape index (κ1) is 15.0. The Hall–Kier alpha value is -1.06. The van der Waals surface area contributed by atoms with Crippen molar-refractivity contribution in [3.63, 3.8) is 0 Å². The summed E-state index contributed by atoms with van der Waals surface area (Å²) >= 11 is 0. The minimum atomic E-state index is -0.950. The van der Waals surface area contributed by atoms with Crippen LogP contribution in [0.1, 0.15) is 46.5 Å². The number of carboxylic acid groups (broad SMARTS) is 1. The smallest absolute Gasteiger partial charge is 0.323 e. The van der Waals surface area contributed by atoms with Gasteiger partial charge in [-0.15, -0.1) is 0 Å². The van der Waals surface area contributed by atoms with Gasteiger partial charge in [0.25, 0.3) is 0 Å². The number of rotatable bonds is 3. The van der Waals surface area contributed by atoms with Crippen LogP contribution in [-0.2, 0) is 9.59 Å². The Labute approximate surface area is 109 Å². The molecule has 0 saturated heterocycles. The van der Waals surface area contributed by atoms with Gasteiger partial charge in [0.1, 0.15) is 6.54 Å². The molecule has 1 N–H and O–H groups in total. The summed E-state index contributed by atoms with van der Waals surface area (Å²) in [6.45, 7) is 6.54. The van der Waals surface area contributed by atoms with E-state index in [1.807, 2.05) is 0 Å². The lowest BCUT2D eigenvalue weighted by Crippen LogP contribution is -2.39. The molecule has 1 fully saturated rings. The minimum absolute atomic E-state index is 0.00948. The van der Waals surface area contributed by atoms with Gasteiger partial charge in [-0.25, -0.2) is 0 Å². The third kappa shape index (κ3) is 4.00. The predicted octanol–water partition coefficient (Wildman–Crippen LogP) is 2.38. The van der Waals surface area contributed by atoms with E-state index in [1.165, 1.54) is 4.90 Å². The van der Waals surface area contributed by atoms with E-state index in [4.69, 9.17) is 5.11 Å². The normalized spacial score (nSPS) is 24.7. The van der Waals surface area contributed by atoms with Gasteiger partial charge in [-0.3, -0.25) is 9.59 Å². The van der Waals surface area contributed by atoms with Gasteiger partial charge in [0.15, 0.2) is 0 Å². The molecule has 1 rings (SSSR count). The highest BCUT2D eigenvalue weighted by Gasteiger charge is 2.33. The van der Waals surface area contributed by atoms with Gasteiger partial charge in [0.2, 0.25) is 5.91 Å². The standard InChI is InChI=1S/C14H25NO3/c1-14(2,3)11-7-5-10(6-8-11)13(18)15(4)9-12(16)17/h10-11H,5-9H2,1-4H3,(H,16,17). The molecule has 1 saturated carbocycles. The first-order valence-corrected chi connectivity index (χ1v) is 6.68. The molecule has 0 aromatic rings. The van der Waals surface area contributed by atoms with Gasteiger partial charge < -0.3 is 10.0 Å². The monoisotopic (exact) mass is 255 g/mol. The molecule has 1 amide bonds. The molecule has 0 heterocycles. The van der Waals surface area contributed by atoms with Gasteiger partial charge in [-0.1, -0.05) is 20.8 Å². The van der Waals surface area contributed by atoms with Crippen molar-refractivity contribution in [3.8, 4) is 0 Å². The third-order valence-corrected chi connectivity index (χ3v) is 4.05. The number of carbonyl (C=O) groups is 2. The topological polar surface area (TPSA) is 57.6 Å². The third-order valence-electron chi connectivity index (χ3n) is 4.05. The number of amides is 1. The number of carbonyl (C=O) groups excluding carboxylic acids is 1. The van der Waals surface area contributed by atoms with E-state index >= 15 is 0 Å². The van der Waals surface area contributed by atoms with Gasteiger partial charge in [-0.2, -0.15) is 0 Å². The van der Waals surface area contributed by atoms with Crippen LogP contribution in [0.3, 0.4) is 0 Å². The molecule has 0 radical (unpaired) electrons. The largest absolute Gasteiger partial charge is 0.480 e. The van der Waals surface area contributed by atoms with Gasteiger partial charge in [0.05, 0.1) is 0 Å². The molecule has 0 unspecified atom stereocenters. The summed E-state index contributed by atoms with van der Waals surface area (Å²) in [5, 5.41) is 8.69. The van der Waals surface area contributed by atoms with Crippen LogP contribution in [0, 0.1) is 17.3 Å². The molecule has 0 atom stereocenters. The molecule has 104 valence electrons. The van der Waals surface area contributed by atoms with E-state index in [0.717, 1.165) is 25.7 Å². The van der Waals surface area contributed by atoms with Crippen molar-refractivity contribution in [2.45, 2.75) is 46.5 Å². The Balaban J connectivity index is 2.48. The summed E-state index contributed by atoms with van der Waals surface area (Å²) in [5.74, 6) is -0.265. The van der Waals surface area contributed by atoms with E-state index < -0.39 is 5.97 Å². The molecule has 1 aliphatic rings. The highest BCUT2D eigenvalue weighted by Crippen LogP contribution is 2.40. The number of carboxylic acids is 1. The van der Waals surface area contributed by atoms with Crippen molar-refractivity contribution in [1.29, 1.82) is 0 Å². The number of hydrogen-bond acceptors (Lipinski definition) is 2. The zero-order valence-corrected chi connectivity index (χ0v) is 11.9. The number of hydrogen-bond donors (Lipinski definition) is 1. The molecule has 0 spiro atoms. The summed E-state index contributed by atoms with van der Waals surface area (Å²) in [5.41, 5.74) is 0.307. The van der Waals surface area contributed by atoms with E-state index in [-0.39, 0.29) is 18.4 Å². The van der Waals surface area contributed by atoms with E-state index in [2.05, 4.69) is 20.8 Å². The maximum atomic E-state index is 12.1. The fraction of sp³-hybridized carbons (Fsp3) is 0.857. The van der Waals surface area contributed by atoms with Gasteiger partial charge in [-0.05, 0) is 37.0 Å². The molecule has 1 aliphatic carbocycles. The van der Waals surface area contributed by atoms with Crippen molar-refractivity contribution < 1.29 is 14.7 Å². The average Bonchev–Trinajstić information content (AvgIpc) is 2.26. The molecule has 4 nitrogen and oxygen atoms in total. The Bertz CT molecular complexity index is 311. The molecular weight excluding hydrogens is 230 g/mol. The fourth-order valence-electron chi connectivity index (χ4n) is 2.80. The first-order chi connectivity index (χ1) is 8.21. The minimum Gasteiger partial charge on any atom is -0.480 e. The Morgan fingerprint density at radius 3 is 2.06 bits per heavy atom. The second-order valence-electron chi connectivity index (χ2n) is 6.50. The number of aliphatic carboxylic acids is 1. The number of nitrogens with zero attached hydrogens (tertiary/aromatic N) is 1. The maximum absolute atomic E-state index is 12.1. The quantitative estimate of drug-likeness (QED) is 0.842. The van der Waals surface area contributed by atoms with Crippen LogP contribution in [0.25, 0.3) is 0 Å². The Morgan fingerprint density at radius 1 is 1.17 bits per heavy atom. The molecule has 0 aliphatic heterocycles. The summed E-state index contributed by atoms with van der Waals surface area (Å²) in [7, 11) is 1.58. The van der Waals surface area contributed by atoms with Crippen LogP contribution in [0.4, 0.5) is 0 Å². The zero-order chi connectivity index (χ0) is 13.9. The second kappa shape index (κ2) is 5.72. The fourth-order valence-corrected chi connectivity index (χ4v) is 2.80. The molecule has 4 heteroatoms. The lowest BCUT2D eigenvalue weighted by molar-refractivity contribution is -0.145. The molecule has 0 aromatic carbocycles. The van der Waals surface area contributed by atoms with E-state index in [0.29, 0.717) is 11.3 Å². The van der Waals surface area contributed by atoms with Crippen molar-refractivity contribution in [2.75, 3.05) is 13.6 Å². The number of likely N-dealkylation sites (N-methyl/N-ethyl adjacent to an activating group) is 1. The molecular formula is C14H25NO3. The lowest BCUT2D eigenvalue weighted by Gasteiger charge is -2.37. The Morgan fingerprint density at radius 2 is 1.67 bits per heavy atom. The summed E-state index contributed by atoms with van der Waals surface area (Å²) in [6, 6.07) is 0. The summed E-state index contributed by atoms with van der Waals surface area (Å²) in [6.07, 6.45) is 3.93. The van der Waals surface area contributed by atoms with Crippen LogP contribution in [0.15, 0.2) is 0 Å². The van der Waals surface area contributed by atoms with Gasteiger partial charge >= 0.3 is 5.97 Å². The lowest BCUT2D eigenvalue weighted by atomic mass is 9.69. The molecule has 0 bridgehead atoms. The van der Waals surface area contributed by atoms with Crippen LogP contribution < -0.4 is 0 Å². The average molecular weight is 255 g/mol. The van der Waals surface area contributed by atoms with Crippen LogP contribution >= 0.6 is 0 Å². The second-order valence-corrected chi connectivity index (χ2v) is 6.50. The summed E-state index contributed by atoms with van der Waals surface area (Å²) < 4.78 is 0. The van der Waals surface area contributed by atoms with Crippen LogP contribution in [-0.4, -0.2) is 35.5 Å². The Kier molecular flexibility index (Phi) is 4.77. The molecule has 18 heavy (non-hydrogen) atoms. The van der Waals surface area contributed by atoms with Crippen molar-refractivity contribution >= 4 is 11.9 Å². The van der Waals surface area contributed by atoms with E-state index in [9.17, 15) is 9.59 Å². The highest BCUT2D eigenvalue weighted by atomic mass is 16.4. The van der Waals surface area contributed by atoms with Crippen molar-refractivity contribution in [2.24, 2.45) is 17.3 Å². The SMILES string of the molecule is CN(CC(=O)O)C(=O)C1CCC(C(C)(C)C)CC1. The van der Waals surface area contributed by atoms with Crippen LogP contribution in [0.5, 0.6) is 0 Å². The first-order valence-electron chi connectivity index (χ1n) is 6.68.